The zero-order valence-electron chi connectivity index (χ0n) is 18.0. The van der Waals surface area contributed by atoms with Gasteiger partial charge in [0, 0.05) is 53.9 Å². The largest absolute Gasteiger partial charge is 0.351 e. The quantitative estimate of drug-likeness (QED) is 0.473. The maximum atomic E-state index is 13.9. The predicted octanol–water partition coefficient (Wildman–Crippen LogP) is 4.87. The van der Waals surface area contributed by atoms with Crippen LogP contribution in [0.15, 0.2) is 60.8 Å². The zero-order valence-corrected chi connectivity index (χ0v) is 18.0. The fraction of sp³-hybridized carbons (Fsp3) is 0.308. The van der Waals surface area contributed by atoms with Gasteiger partial charge in [-0.05, 0) is 43.9 Å². The van der Waals surface area contributed by atoms with Gasteiger partial charge in [-0.3, -0.25) is 9.48 Å². The number of hydrogen-bond donors (Lipinski definition) is 0. The molecule has 2 bridgehead atoms. The number of carbonyl (C=O) groups is 1. The Labute approximate surface area is 181 Å². The number of fused-ring (bicyclic) bond motifs is 5. The molecule has 0 N–H and O–H groups in total. The Hall–Kier alpha value is -3.34. The second kappa shape index (κ2) is 6.84. The molecular formula is C26H26N4O. The number of carbonyl (C=O) groups excluding carboxylic acids is 1. The van der Waals surface area contributed by atoms with Crippen molar-refractivity contribution >= 4 is 16.8 Å². The molecule has 6 rings (SSSR count). The monoisotopic (exact) mass is 410 g/mol. The summed E-state index contributed by atoms with van der Waals surface area (Å²) in [6, 6.07) is 18.9. The third kappa shape index (κ3) is 2.69. The van der Waals surface area contributed by atoms with Crippen molar-refractivity contribution in [2.24, 2.45) is 14.1 Å². The topological polar surface area (TPSA) is 43.1 Å². The van der Waals surface area contributed by atoms with Gasteiger partial charge in [-0.2, -0.15) is 5.10 Å². The highest BCUT2D eigenvalue weighted by Gasteiger charge is 2.43. The molecule has 156 valence electrons. The SMILES string of the molecule is Cn1nc2c(c1-c1ccccc1)CC1CCCC2N1C(=O)c1cccc2c1ccn2C. The van der Waals surface area contributed by atoms with Gasteiger partial charge in [0.05, 0.1) is 17.4 Å². The Morgan fingerprint density at radius 3 is 2.68 bits per heavy atom. The molecule has 1 saturated heterocycles. The van der Waals surface area contributed by atoms with E-state index in [2.05, 4.69) is 45.9 Å². The Bertz CT molecular complexity index is 1300. The minimum atomic E-state index is 0.0534. The molecule has 31 heavy (non-hydrogen) atoms. The molecule has 2 unspecified atom stereocenters. The van der Waals surface area contributed by atoms with Crippen molar-refractivity contribution < 1.29 is 4.79 Å². The van der Waals surface area contributed by atoms with Crippen LogP contribution < -0.4 is 0 Å². The molecule has 0 aliphatic carbocycles. The molecule has 4 heterocycles. The van der Waals surface area contributed by atoms with E-state index in [-0.39, 0.29) is 18.0 Å². The van der Waals surface area contributed by atoms with Crippen molar-refractivity contribution in [1.82, 2.24) is 19.2 Å². The van der Waals surface area contributed by atoms with Gasteiger partial charge in [0.1, 0.15) is 0 Å². The lowest BCUT2D eigenvalue weighted by Gasteiger charge is -2.45. The molecule has 0 radical (unpaired) electrons. The van der Waals surface area contributed by atoms with Crippen LogP contribution in [0.3, 0.4) is 0 Å². The van der Waals surface area contributed by atoms with Crippen molar-refractivity contribution in [3.63, 3.8) is 0 Å². The molecule has 2 aliphatic heterocycles. The van der Waals surface area contributed by atoms with Crippen LogP contribution in [-0.4, -0.2) is 31.2 Å². The summed E-state index contributed by atoms with van der Waals surface area (Å²) < 4.78 is 4.09. The van der Waals surface area contributed by atoms with Crippen molar-refractivity contribution in [2.75, 3.05) is 0 Å². The van der Waals surface area contributed by atoms with E-state index >= 15 is 0 Å². The average Bonchev–Trinajstić information content (AvgIpc) is 3.33. The van der Waals surface area contributed by atoms with Crippen LogP contribution in [0.1, 0.15) is 46.9 Å². The number of aryl methyl sites for hydroxylation is 2. The lowest BCUT2D eigenvalue weighted by atomic mass is 9.81. The van der Waals surface area contributed by atoms with E-state index < -0.39 is 0 Å². The Morgan fingerprint density at radius 1 is 1.00 bits per heavy atom. The Morgan fingerprint density at radius 2 is 1.84 bits per heavy atom. The minimum absolute atomic E-state index is 0.0534. The van der Waals surface area contributed by atoms with Crippen LogP contribution in [0.25, 0.3) is 22.2 Å². The Kier molecular flexibility index (Phi) is 4.07. The van der Waals surface area contributed by atoms with Gasteiger partial charge in [-0.1, -0.05) is 36.4 Å². The van der Waals surface area contributed by atoms with Gasteiger partial charge >= 0.3 is 0 Å². The molecule has 5 nitrogen and oxygen atoms in total. The maximum Gasteiger partial charge on any atom is 0.255 e. The van der Waals surface area contributed by atoms with E-state index in [9.17, 15) is 4.79 Å². The van der Waals surface area contributed by atoms with Crippen LogP contribution in [0.2, 0.25) is 0 Å². The molecule has 1 amide bonds. The first-order chi connectivity index (χ1) is 15.1. The van der Waals surface area contributed by atoms with E-state index in [1.54, 1.807) is 0 Å². The number of hydrogen-bond acceptors (Lipinski definition) is 2. The summed E-state index contributed by atoms with van der Waals surface area (Å²) in [4.78, 5) is 16.0. The van der Waals surface area contributed by atoms with Gasteiger partial charge in [0.15, 0.2) is 0 Å². The maximum absolute atomic E-state index is 13.9. The highest BCUT2D eigenvalue weighted by Crippen LogP contribution is 2.45. The smallest absolute Gasteiger partial charge is 0.255 e. The third-order valence-corrected chi connectivity index (χ3v) is 7.12. The number of benzene rings is 2. The van der Waals surface area contributed by atoms with Crippen LogP contribution >= 0.6 is 0 Å². The second-order valence-electron chi connectivity index (χ2n) is 8.88. The highest BCUT2D eigenvalue weighted by molar-refractivity contribution is 6.07. The zero-order chi connectivity index (χ0) is 21.1. The standard InChI is InChI=1S/C26H26N4O/c1-28-15-14-19-20(11-7-12-22(19)28)26(31)30-18-10-6-13-23(30)24-21(16-18)25(29(2)27-24)17-8-4-3-5-9-17/h3-5,7-9,11-12,14-15,18,23H,6,10,13,16H2,1-2H3. The molecule has 0 spiro atoms. The van der Waals surface area contributed by atoms with Crippen LogP contribution in [0.4, 0.5) is 0 Å². The summed E-state index contributed by atoms with van der Waals surface area (Å²) in [5, 5.41) is 5.99. The lowest BCUT2D eigenvalue weighted by molar-refractivity contribution is 0.0394. The summed E-state index contributed by atoms with van der Waals surface area (Å²) in [6.07, 6.45) is 6.08. The number of nitrogens with zero attached hydrogens (tertiary/aromatic N) is 4. The fourth-order valence-corrected chi connectivity index (χ4v) is 5.73. The first-order valence-electron chi connectivity index (χ1n) is 11.1. The number of rotatable bonds is 2. The van der Waals surface area contributed by atoms with E-state index in [1.807, 2.05) is 43.2 Å². The van der Waals surface area contributed by atoms with Gasteiger partial charge in [-0.15, -0.1) is 0 Å². The van der Waals surface area contributed by atoms with E-state index in [1.165, 1.54) is 16.8 Å². The summed E-state index contributed by atoms with van der Waals surface area (Å²) in [6.45, 7) is 0. The summed E-state index contributed by atoms with van der Waals surface area (Å²) in [5.74, 6) is 0.143. The van der Waals surface area contributed by atoms with Crippen LogP contribution in [0.5, 0.6) is 0 Å². The summed E-state index contributed by atoms with van der Waals surface area (Å²) in [7, 11) is 4.05. The summed E-state index contributed by atoms with van der Waals surface area (Å²) in [5.41, 5.74) is 6.71. The first-order valence-corrected chi connectivity index (χ1v) is 11.1. The van der Waals surface area contributed by atoms with Crippen LogP contribution in [-0.2, 0) is 20.5 Å². The molecule has 2 aliphatic rings. The van der Waals surface area contributed by atoms with Crippen molar-refractivity contribution in [1.29, 1.82) is 0 Å². The van der Waals surface area contributed by atoms with Gasteiger partial charge in [-0.25, -0.2) is 0 Å². The molecule has 2 aromatic carbocycles. The molecule has 4 aromatic rings. The van der Waals surface area contributed by atoms with E-state index in [0.717, 1.165) is 47.8 Å². The average molecular weight is 411 g/mol. The van der Waals surface area contributed by atoms with Gasteiger partial charge in [0.25, 0.3) is 5.91 Å². The first kappa shape index (κ1) is 18.4. The third-order valence-electron chi connectivity index (χ3n) is 7.12. The molecule has 0 saturated carbocycles. The summed E-state index contributed by atoms with van der Waals surface area (Å²) >= 11 is 0. The lowest BCUT2D eigenvalue weighted by Crippen LogP contribution is -2.49. The molecule has 1 fully saturated rings. The van der Waals surface area contributed by atoms with E-state index in [4.69, 9.17) is 5.10 Å². The molecule has 2 aromatic heterocycles. The number of amides is 1. The normalized spacial score (nSPS) is 20.1. The van der Waals surface area contributed by atoms with Gasteiger partial charge in [0.2, 0.25) is 0 Å². The van der Waals surface area contributed by atoms with Crippen molar-refractivity contribution in [2.45, 2.75) is 37.8 Å². The second-order valence-corrected chi connectivity index (χ2v) is 8.88. The van der Waals surface area contributed by atoms with Crippen molar-refractivity contribution in [3.05, 3.63) is 77.6 Å². The van der Waals surface area contributed by atoms with Gasteiger partial charge < -0.3 is 9.47 Å². The minimum Gasteiger partial charge on any atom is -0.351 e. The van der Waals surface area contributed by atoms with Crippen LogP contribution in [0, 0.1) is 0 Å². The number of piperidine rings is 1. The predicted molar refractivity (Wildman–Crippen MR) is 122 cm³/mol. The van der Waals surface area contributed by atoms with Crippen molar-refractivity contribution in [3.8, 4) is 11.3 Å². The molecule has 2 atom stereocenters. The molecular weight excluding hydrogens is 384 g/mol. The van der Waals surface area contributed by atoms with E-state index in [0.29, 0.717) is 0 Å². The highest BCUT2D eigenvalue weighted by atomic mass is 16.2. The molecule has 5 heteroatoms. The fourth-order valence-electron chi connectivity index (χ4n) is 5.73. The number of aromatic nitrogens is 3. The Balaban J connectivity index is 1.46.